The van der Waals surface area contributed by atoms with Crippen molar-refractivity contribution in [3.63, 3.8) is 0 Å². The van der Waals surface area contributed by atoms with Gasteiger partial charge in [0, 0.05) is 5.69 Å². The maximum atomic E-state index is 11.5. The van der Waals surface area contributed by atoms with Crippen LogP contribution >= 0.6 is 0 Å². The minimum atomic E-state index is 0.0118. The van der Waals surface area contributed by atoms with E-state index < -0.39 is 0 Å². The van der Waals surface area contributed by atoms with Crippen LogP contribution in [0.2, 0.25) is 0 Å². The van der Waals surface area contributed by atoms with Crippen LogP contribution in [0.1, 0.15) is 25.8 Å². The van der Waals surface area contributed by atoms with Crippen molar-refractivity contribution in [3.05, 3.63) is 29.8 Å². The van der Waals surface area contributed by atoms with Gasteiger partial charge in [0.05, 0.1) is 6.54 Å². The summed E-state index contributed by atoms with van der Waals surface area (Å²) in [5.74, 6) is 0.0118. The van der Waals surface area contributed by atoms with Crippen molar-refractivity contribution < 1.29 is 4.79 Å². The quantitative estimate of drug-likeness (QED) is 0.721. The molecule has 0 saturated carbocycles. The van der Waals surface area contributed by atoms with Gasteiger partial charge in [-0.15, -0.1) is 0 Å². The molecule has 16 heavy (non-hydrogen) atoms. The Bertz CT molecular complexity index is 319. The summed E-state index contributed by atoms with van der Waals surface area (Å²) in [5, 5.41) is 5.92. The highest BCUT2D eigenvalue weighted by molar-refractivity contribution is 5.92. The Hall–Kier alpha value is -1.35. The molecule has 1 rings (SSSR count). The second-order valence-corrected chi connectivity index (χ2v) is 3.78. The van der Waals surface area contributed by atoms with Gasteiger partial charge in [-0.25, -0.2) is 0 Å². The number of hydrogen-bond acceptors (Lipinski definition) is 2. The fourth-order valence-electron chi connectivity index (χ4n) is 1.41. The fraction of sp³-hybridized carbons (Fsp3) is 0.462. The second kappa shape index (κ2) is 7.01. The zero-order chi connectivity index (χ0) is 11.8. The van der Waals surface area contributed by atoms with Gasteiger partial charge in [0.2, 0.25) is 5.91 Å². The summed E-state index contributed by atoms with van der Waals surface area (Å²) in [4.78, 5) is 11.5. The summed E-state index contributed by atoms with van der Waals surface area (Å²) >= 11 is 0. The number of rotatable bonds is 6. The standard InChI is InChI=1S/C13H20N2O/c1-3-9-14-10-13(16)15-12-7-5-11(4-2)6-8-12/h5-8,14H,3-4,9-10H2,1-2H3,(H,15,16). The van der Waals surface area contributed by atoms with Gasteiger partial charge in [0.15, 0.2) is 0 Å². The molecule has 0 fully saturated rings. The highest BCUT2D eigenvalue weighted by Gasteiger charge is 2.00. The van der Waals surface area contributed by atoms with Crippen molar-refractivity contribution in [2.24, 2.45) is 0 Å². The van der Waals surface area contributed by atoms with Gasteiger partial charge in [-0.3, -0.25) is 4.79 Å². The number of anilines is 1. The summed E-state index contributed by atoms with van der Waals surface area (Å²) in [5.41, 5.74) is 2.14. The Kier molecular flexibility index (Phi) is 5.57. The van der Waals surface area contributed by atoms with Crippen molar-refractivity contribution >= 4 is 11.6 Å². The number of carbonyl (C=O) groups is 1. The first-order valence-electron chi connectivity index (χ1n) is 5.85. The van der Waals surface area contributed by atoms with Crippen LogP contribution in [0.15, 0.2) is 24.3 Å². The molecule has 88 valence electrons. The third-order valence-corrected chi connectivity index (χ3v) is 2.36. The summed E-state index contributed by atoms with van der Waals surface area (Å²) in [6.45, 7) is 5.45. The summed E-state index contributed by atoms with van der Waals surface area (Å²) in [6.07, 6.45) is 2.06. The minimum Gasteiger partial charge on any atom is -0.325 e. The molecule has 0 atom stereocenters. The van der Waals surface area contributed by atoms with E-state index in [0.29, 0.717) is 6.54 Å². The predicted molar refractivity (Wildman–Crippen MR) is 67.6 cm³/mol. The predicted octanol–water partition coefficient (Wildman–Crippen LogP) is 2.19. The lowest BCUT2D eigenvalue weighted by molar-refractivity contribution is -0.115. The highest BCUT2D eigenvalue weighted by atomic mass is 16.1. The van der Waals surface area contributed by atoms with Crippen LogP contribution in [0.5, 0.6) is 0 Å². The summed E-state index contributed by atoms with van der Waals surface area (Å²) < 4.78 is 0. The van der Waals surface area contributed by atoms with Gasteiger partial charge in [0.25, 0.3) is 0 Å². The first-order chi connectivity index (χ1) is 7.76. The molecule has 3 nitrogen and oxygen atoms in total. The third-order valence-electron chi connectivity index (χ3n) is 2.36. The number of aryl methyl sites for hydroxylation is 1. The van der Waals surface area contributed by atoms with Crippen LogP contribution in [0.4, 0.5) is 5.69 Å². The Morgan fingerprint density at radius 3 is 2.44 bits per heavy atom. The molecule has 0 aromatic heterocycles. The van der Waals surface area contributed by atoms with Crippen molar-refractivity contribution in [1.82, 2.24) is 5.32 Å². The number of hydrogen-bond donors (Lipinski definition) is 2. The van der Waals surface area contributed by atoms with Crippen molar-refractivity contribution in [3.8, 4) is 0 Å². The third kappa shape index (κ3) is 4.45. The lowest BCUT2D eigenvalue weighted by atomic mass is 10.1. The molecule has 0 aliphatic heterocycles. The van der Waals surface area contributed by atoms with E-state index >= 15 is 0 Å². The van der Waals surface area contributed by atoms with Gasteiger partial charge in [-0.2, -0.15) is 0 Å². The van der Waals surface area contributed by atoms with Crippen LogP contribution in [0.25, 0.3) is 0 Å². The molecule has 0 saturated heterocycles. The highest BCUT2D eigenvalue weighted by Crippen LogP contribution is 2.09. The lowest BCUT2D eigenvalue weighted by Gasteiger charge is -2.06. The van der Waals surface area contributed by atoms with Gasteiger partial charge < -0.3 is 10.6 Å². The molecular weight excluding hydrogens is 200 g/mol. The van der Waals surface area contributed by atoms with Crippen LogP contribution in [0, 0.1) is 0 Å². The van der Waals surface area contributed by atoms with E-state index in [1.54, 1.807) is 0 Å². The molecule has 1 amide bonds. The molecule has 0 bridgehead atoms. The summed E-state index contributed by atoms with van der Waals surface area (Å²) in [6, 6.07) is 7.96. The lowest BCUT2D eigenvalue weighted by Crippen LogP contribution is -2.28. The topological polar surface area (TPSA) is 41.1 Å². The summed E-state index contributed by atoms with van der Waals surface area (Å²) in [7, 11) is 0. The van der Waals surface area contributed by atoms with Crippen LogP contribution < -0.4 is 10.6 Å². The zero-order valence-corrected chi connectivity index (χ0v) is 10.0. The number of carbonyl (C=O) groups excluding carboxylic acids is 1. The van der Waals surface area contributed by atoms with Crippen LogP contribution in [-0.4, -0.2) is 19.0 Å². The molecule has 0 spiro atoms. The monoisotopic (exact) mass is 220 g/mol. The molecule has 0 aliphatic rings. The molecule has 0 heterocycles. The Balaban J connectivity index is 2.37. The molecule has 1 aromatic rings. The largest absolute Gasteiger partial charge is 0.325 e. The SMILES string of the molecule is CCCNCC(=O)Nc1ccc(CC)cc1. The van der Waals surface area contributed by atoms with E-state index in [1.165, 1.54) is 5.56 Å². The normalized spacial score (nSPS) is 10.1. The molecule has 2 N–H and O–H groups in total. The average molecular weight is 220 g/mol. The second-order valence-electron chi connectivity index (χ2n) is 3.78. The fourth-order valence-corrected chi connectivity index (χ4v) is 1.41. The molecule has 0 radical (unpaired) electrons. The maximum Gasteiger partial charge on any atom is 0.238 e. The Morgan fingerprint density at radius 1 is 1.19 bits per heavy atom. The number of nitrogens with one attached hydrogen (secondary N) is 2. The van der Waals surface area contributed by atoms with Crippen LogP contribution in [0.3, 0.4) is 0 Å². The van der Waals surface area contributed by atoms with E-state index in [2.05, 4.69) is 24.5 Å². The first-order valence-corrected chi connectivity index (χ1v) is 5.85. The van der Waals surface area contributed by atoms with Gasteiger partial charge in [-0.1, -0.05) is 26.0 Å². The van der Waals surface area contributed by atoms with Gasteiger partial charge in [-0.05, 0) is 37.1 Å². The van der Waals surface area contributed by atoms with E-state index in [9.17, 15) is 4.79 Å². The molecule has 1 aromatic carbocycles. The zero-order valence-electron chi connectivity index (χ0n) is 10.0. The molecular formula is C13H20N2O. The van der Waals surface area contributed by atoms with E-state index in [-0.39, 0.29) is 5.91 Å². The minimum absolute atomic E-state index is 0.0118. The smallest absolute Gasteiger partial charge is 0.238 e. The maximum absolute atomic E-state index is 11.5. The van der Waals surface area contributed by atoms with Gasteiger partial charge >= 0.3 is 0 Å². The molecule has 0 aliphatic carbocycles. The molecule has 0 unspecified atom stereocenters. The van der Waals surface area contributed by atoms with Gasteiger partial charge in [0.1, 0.15) is 0 Å². The Morgan fingerprint density at radius 2 is 1.88 bits per heavy atom. The number of benzene rings is 1. The molecule has 3 heteroatoms. The van der Waals surface area contributed by atoms with Crippen LogP contribution in [-0.2, 0) is 11.2 Å². The van der Waals surface area contributed by atoms with E-state index in [0.717, 1.165) is 25.1 Å². The van der Waals surface area contributed by atoms with Crippen molar-refractivity contribution in [2.75, 3.05) is 18.4 Å². The first kappa shape index (κ1) is 12.7. The van der Waals surface area contributed by atoms with E-state index in [4.69, 9.17) is 0 Å². The Labute approximate surface area is 97.2 Å². The number of amides is 1. The average Bonchev–Trinajstić information content (AvgIpc) is 2.30. The van der Waals surface area contributed by atoms with E-state index in [1.807, 2.05) is 24.3 Å². The van der Waals surface area contributed by atoms with Crippen molar-refractivity contribution in [1.29, 1.82) is 0 Å². The van der Waals surface area contributed by atoms with Crippen molar-refractivity contribution in [2.45, 2.75) is 26.7 Å².